The molecule has 35 heavy (non-hydrogen) atoms. The minimum absolute atomic E-state index is 0.0704. The van der Waals surface area contributed by atoms with Crippen LogP contribution in [-0.2, 0) is 6.54 Å². The maximum absolute atomic E-state index is 13.3. The number of aryl methyl sites for hydroxylation is 3. The number of amides is 1. The second-order valence-corrected chi connectivity index (χ2v) is 9.18. The molecule has 2 N–H and O–H groups in total. The summed E-state index contributed by atoms with van der Waals surface area (Å²) < 4.78 is 3.20. The number of carbonyl (C=O) groups is 1. The standard InChI is InChI=1S/C28H33N5O2/c1-4-5-6-7-8-10-16-33-25(29)21(27(34)30-23-17-19(2)13-14-20(23)3)18-22-26(33)31-24-12-9-11-15-32(24)28(22)35/h9,11-15,17-18,29H,4-8,10,16H2,1-3H3,(H,30,34). The summed E-state index contributed by atoms with van der Waals surface area (Å²) in [7, 11) is 0. The van der Waals surface area contributed by atoms with Crippen molar-refractivity contribution < 1.29 is 4.79 Å². The van der Waals surface area contributed by atoms with Crippen molar-refractivity contribution in [3.63, 3.8) is 0 Å². The number of carbonyl (C=O) groups excluding carboxylic acids is 1. The van der Waals surface area contributed by atoms with E-state index in [4.69, 9.17) is 10.4 Å². The Hall–Kier alpha value is -3.74. The van der Waals surface area contributed by atoms with Gasteiger partial charge in [0.1, 0.15) is 16.8 Å². The van der Waals surface area contributed by atoms with Gasteiger partial charge in [-0.25, -0.2) is 4.98 Å². The Morgan fingerprint density at radius 1 is 1.03 bits per heavy atom. The Kier molecular flexibility index (Phi) is 7.44. The van der Waals surface area contributed by atoms with Crippen molar-refractivity contribution in [1.29, 1.82) is 5.41 Å². The number of fused-ring (bicyclic) bond motifs is 2. The molecule has 4 rings (SSSR count). The number of aromatic nitrogens is 3. The van der Waals surface area contributed by atoms with Crippen LogP contribution < -0.4 is 16.4 Å². The van der Waals surface area contributed by atoms with Gasteiger partial charge < -0.3 is 9.88 Å². The normalized spacial score (nSPS) is 11.3. The topological polar surface area (TPSA) is 92.2 Å². The highest BCUT2D eigenvalue weighted by Gasteiger charge is 2.18. The summed E-state index contributed by atoms with van der Waals surface area (Å²) in [6.07, 6.45) is 8.29. The molecule has 1 amide bonds. The zero-order valence-corrected chi connectivity index (χ0v) is 20.7. The fraction of sp³-hybridized carbons (Fsp3) is 0.357. The molecule has 0 fully saturated rings. The first-order valence-corrected chi connectivity index (χ1v) is 12.4. The van der Waals surface area contributed by atoms with E-state index in [0.717, 1.165) is 30.4 Å². The largest absolute Gasteiger partial charge is 0.322 e. The minimum Gasteiger partial charge on any atom is -0.322 e. The van der Waals surface area contributed by atoms with Crippen molar-refractivity contribution in [1.82, 2.24) is 14.0 Å². The average molecular weight is 472 g/mol. The number of benzene rings is 1. The molecule has 3 aromatic heterocycles. The summed E-state index contributed by atoms with van der Waals surface area (Å²) in [4.78, 5) is 31.4. The van der Waals surface area contributed by atoms with E-state index in [1.807, 2.05) is 38.1 Å². The molecular formula is C28H33N5O2. The zero-order valence-electron chi connectivity index (χ0n) is 20.7. The van der Waals surface area contributed by atoms with Crippen LogP contribution in [0.4, 0.5) is 5.69 Å². The first kappa shape index (κ1) is 24.4. The maximum Gasteiger partial charge on any atom is 0.267 e. The third kappa shape index (κ3) is 5.19. The number of hydrogen-bond donors (Lipinski definition) is 2. The van der Waals surface area contributed by atoms with Gasteiger partial charge in [0, 0.05) is 18.4 Å². The van der Waals surface area contributed by atoms with Crippen LogP contribution in [0.2, 0.25) is 0 Å². The molecule has 0 aliphatic rings. The van der Waals surface area contributed by atoms with Crippen molar-refractivity contribution >= 4 is 28.3 Å². The number of nitrogens with zero attached hydrogens (tertiary/aromatic N) is 3. The third-order valence-electron chi connectivity index (χ3n) is 6.44. The number of nitrogens with one attached hydrogen (secondary N) is 2. The van der Waals surface area contributed by atoms with Crippen molar-refractivity contribution in [3.8, 4) is 0 Å². The quantitative estimate of drug-likeness (QED) is 0.254. The SMILES string of the molecule is CCCCCCCCn1c(=N)c(C(=O)Nc2cc(C)ccc2C)cc2c(=O)n3ccccc3nc21. The molecule has 0 bridgehead atoms. The monoisotopic (exact) mass is 471 g/mol. The molecular weight excluding hydrogens is 438 g/mol. The Bertz CT molecular complexity index is 1500. The first-order chi connectivity index (χ1) is 16.9. The third-order valence-corrected chi connectivity index (χ3v) is 6.44. The molecule has 0 spiro atoms. The molecule has 7 heteroatoms. The van der Waals surface area contributed by atoms with Gasteiger partial charge in [-0.05, 0) is 55.7 Å². The summed E-state index contributed by atoms with van der Waals surface area (Å²) in [5, 5.41) is 12.2. The van der Waals surface area contributed by atoms with E-state index in [0.29, 0.717) is 28.9 Å². The van der Waals surface area contributed by atoms with Crippen LogP contribution in [0.1, 0.15) is 66.9 Å². The van der Waals surface area contributed by atoms with Gasteiger partial charge >= 0.3 is 0 Å². The lowest BCUT2D eigenvalue weighted by molar-refractivity contribution is 0.102. The van der Waals surface area contributed by atoms with Gasteiger partial charge in [0.25, 0.3) is 11.5 Å². The lowest BCUT2D eigenvalue weighted by Crippen LogP contribution is -2.32. The van der Waals surface area contributed by atoms with Gasteiger partial charge in [0.2, 0.25) is 0 Å². The summed E-state index contributed by atoms with van der Waals surface area (Å²) in [5.41, 5.74) is 3.62. The van der Waals surface area contributed by atoms with Crippen LogP contribution in [0.5, 0.6) is 0 Å². The lowest BCUT2D eigenvalue weighted by Gasteiger charge is -2.15. The summed E-state index contributed by atoms with van der Waals surface area (Å²) >= 11 is 0. The van der Waals surface area contributed by atoms with E-state index >= 15 is 0 Å². The molecule has 0 unspecified atom stereocenters. The number of hydrogen-bond acceptors (Lipinski definition) is 4. The van der Waals surface area contributed by atoms with E-state index in [1.165, 1.54) is 29.7 Å². The Morgan fingerprint density at radius 3 is 2.60 bits per heavy atom. The van der Waals surface area contributed by atoms with Crippen LogP contribution in [0, 0.1) is 19.3 Å². The van der Waals surface area contributed by atoms with Gasteiger partial charge in [-0.1, -0.05) is 57.2 Å². The van der Waals surface area contributed by atoms with Crippen molar-refractivity contribution in [2.45, 2.75) is 65.8 Å². The fourth-order valence-corrected chi connectivity index (χ4v) is 4.39. The molecule has 0 aliphatic heterocycles. The van der Waals surface area contributed by atoms with E-state index in [9.17, 15) is 9.59 Å². The van der Waals surface area contributed by atoms with E-state index in [1.54, 1.807) is 22.9 Å². The Labute approximate surface area is 205 Å². The zero-order chi connectivity index (χ0) is 24.9. The highest BCUT2D eigenvalue weighted by molar-refractivity contribution is 6.05. The highest BCUT2D eigenvalue weighted by atomic mass is 16.1. The first-order valence-electron chi connectivity index (χ1n) is 12.4. The Balaban J connectivity index is 1.79. The number of rotatable bonds is 9. The lowest BCUT2D eigenvalue weighted by atomic mass is 10.1. The molecule has 4 aromatic rings. The second kappa shape index (κ2) is 10.7. The highest BCUT2D eigenvalue weighted by Crippen LogP contribution is 2.18. The maximum atomic E-state index is 13.3. The van der Waals surface area contributed by atoms with Crippen LogP contribution >= 0.6 is 0 Å². The van der Waals surface area contributed by atoms with Crippen LogP contribution in [0.3, 0.4) is 0 Å². The van der Waals surface area contributed by atoms with Crippen LogP contribution in [0.15, 0.2) is 53.5 Å². The smallest absolute Gasteiger partial charge is 0.267 e. The fourth-order valence-electron chi connectivity index (χ4n) is 4.39. The van der Waals surface area contributed by atoms with Crippen molar-refractivity contribution in [2.24, 2.45) is 0 Å². The molecule has 0 aliphatic carbocycles. The molecule has 0 atom stereocenters. The van der Waals surface area contributed by atoms with E-state index in [-0.39, 0.29) is 16.6 Å². The number of anilines is 1. The van der Waals surface area contributed by atoms with Crippen LogP contribution in [0.25, 0.3) is 16.7 Å². The van der Waals surface area contributed by atoms with Gasteiger partial charge in [0.05, 0.1) is 10.9 Å². The summed E-state index contributed by atoms with van der Waals surface area (Å²) in [5.74, 6) is -0.403. The minimum atomic E-state index is -0.403. The number of unbranched alkanes of at least 4 members (excludes halogenated alkanes) is 5. The van der Waals surface area contributed by atoms with Gasteiger partial charge in [0.15, 0.2) is 0 Å². The predicted molar refractivity (Wildman–Crippen MR) is 140 cm³/mol. The predicted octanol–water partition coefficient (Wildman–Crippen LogP) is 5.36. The molecule has 1 aromatic carbocycles. The van der Waals surface area contributed by atoms with Crippen molar-refractivity contribution in [2.75, 3.05) is 5.32 Å². The van der Waals surface area contributed by atoms with Crippen molar-refractivity contribution in [3.05, 3.63) is 81.2 Å². The Morgan fingerprint density at radius 2 is 1.80 bits per heavy atom. The summed E-state index contributed by atoms with van der Waals surface area (Å²) in [6.45, 7) is 6.62. The van der Waals surface area contributed by atoms with Gasteiger partial charge in [-0.15, -0.1) is 0 Å². The molecule has 0 saturated carbocycles. The van der Waals surface area contributed by atoms with Crippen LogP contribution in [-0.4, -0.2) is 19.9 Å². The summed E-state index contributed by atoms with van der Waals surface area (Å²) in [6, 6.07) is 12.8. The molecule has 0 saturated heterocycles. The second-order valence-electron chi connectivity index (χ2n) is 9.18. The van der Waals surface area contributed by atoms with E-state index < -0.39 is 5.91 Å². The van der Waals surface area contributed by atoms with Gasteiger partial charge in [-0.2, -0.15) is 0 Å². The van der Waals surface area contributed by atoms with Gasteiger partial charge in [-0.3, -0.25) is 19.4 Å². The number of pyridine rings is 2. The molecule has 182 valence electrons. The molecule has 7 nitrogen and oxygen atoms in total. The molecule has 3 heterocycles. The van der Waals surface area contributed by atoms with E-state index in [2.05, 4.69) is 12.2 Å². The average Bonchev–Trinajstić information content (AvgIpc) is 2.84. The molecule has 0 radical (unpaired) electrons.